The lowest BCUT2D eigenvalue weighted by Crippen LogP contribution is -2.47. The summed E-state index contributed by atoms with van der Waals surface area (Å²) in [6.45, 7) is 3.94. The first-order valence-electron chi connectivity index (χ1n) is 13.2. The average molecular weight is 600 g/mol. The molecule has 0 bridgehead atoms. The van der Waals surface area contributed by atoms with Crippen molar-refractivity contribution in [2.24, 2.45) is 0 Å². The van der Waals surface area contributed by atoms with Crippen LogP contribution in [-0.4, -0.2) is 54.8 Å². The van der Waals surface area contributed by atoms with Gasteiger partial charge in [-0.1, -0.05) is 65.7 Å². The van der Waals surface area contributed by atoms with E-state index in [0.29, 0.717) is 28.3 Å². The lowest BCUT2D eigenvalue weighted by molar-refractivity contribution is -0.144. The lowest BCUT2D eigenvalue weighted by Gasteiger charge is -2.26. The molecule has 8 nitrogen and oxygen atoms in total. The topological polar surface area (TPSA) is 94.2 Å². The number of cyclic esters (lactones) is 1. The highest BCUT2D eigenvalue weighted by Gasteiger charge is 2.41. The Balaban J connectivity index is 1.51. The minimum absolute atomic E-state index is 0.123. The maximum atomic E-state index is 13.7. The molecule has 1 aliphatic heterocycles. The number of amides is 3. The monoisotopic (exact) mass is 598 g/mol. The molecule has 0 spiro atoms. The Bertz CT molecular complexity index is 1400. The van der Waals surface area contributed by atoms with Gasteiger partial charge in [0.1, 0.15) is 18.5 Å². The number of nitrogens with zero attached hydrogens (tertiary/aromatic N) is 1. The standard InChI is InChI=1S/C31H32Cl2N2O6/c1-19(2)41-28(30(37)35-24(18-40-31(35)38)14-20-7-5-4-6-8-20)15-21-9-12-27(39-3)22(13-21)17-34-29(36)25-11-10-23(32)16-26(25)33/h4-13,16,19,24,28H,14-15,17-18H2,1-3H3,(H,34,36)/t24-,28?/m0/s1. The highest BCUT2D eigenvalue weighted by molar-refractivity contribution is 6.36. The quantitative estimate of drug-likeness (QED) is 0.297. The van der Waals surface area contributed by atoms with Crippen molar-refractivity contribution in [2.45, 2.75) is 51.5 Å². The molecule has 2 atom stereocenters. The lowest BCUT2D eigenvalue weighted by atomic mass is 10.0. The molecule has 3 amide bonds. The van der Waals surface area contributed by atoms with Crippen molar-refractivity contribution in [3.8, 4) is 5.75 Å². The molecule has 1 unspecified atom stereocenters. The predicted octanol–water partition coefficient (Wildman–Crippen LogP) is 5.86. The first kappa shape index (κ1) is 30.4. The molecule has 4 rings (SSSR count). The maximum Gasteiger partial charge on any atom is 0.417 e. The summed E-state index contributed by atoms with van der Waals surface area (Å²) in [5.74, 6) is -0.257. The zero-order valence-corrected chi connectivity index (χ0v) is 24.6. The minimum Gasteiger partial charge on any atom is -0.496 e. The molecule has 1 aliphatic rings. The summed E-state index contributed by atoms with van der Waals surface area (Å²) >= 11 is 12.1. The van der Waals surface area contributed by atoms with Gasteiger partial charge in [-0.2, -0.15) is 0 Å². The number of rotatable bonds is 11. The van der Waals surface area contributed by atoms with E-state index in [1.807, 2.05) is 56.3 Å². The number of hydrogen-bond acceptors (Lipinski definition) is 6. The molecule has 10 heteroatoms. The third-order valence-electron chi connectivity index (χ3n) is 6.61. The number of halogens is 2. The normalized spacial score (nSPS) is 15.5. The Kier molecular flexibility index (Phi) is 10.3. The molecular formula is C31H32Cl2N2O6. The largest absolute Gasteiger partial charge is 0.496 e. The van der Waals surface area contributed by atoms with Gasteiger partial charge in [-0.15, -0.1) is 0 Å². The van der Waals surface area contributed by atoms with Crippen LogP contribution in [0, 0.1) is 0 Å². The Hall–Kier alpha value is -3.59. The third kappa shape index (κ3) is 7.79. The summed E-state index contributed by atoms with van der Waals surface area (Å²) in [5, 5.41) is 3.53. The zero-order chi connectivity index (χ0) is 29.5. The van der Waals surface area contributed by atoms with Crippen LogP contribution in [0.5, 0.6) is 5.75 Å². The van der Waals surface area contributed by atoms with Crippen LogP contribution in [0.4, 0.5) is 4.79 Å². The van der Waals surface area contributed by atoms with Crippen LogP contribution in [-0.2, 0) is 33.7 Å². The molecule has 0 aromatic heterocycles. The van der Waals surface area contributed by atoms with Gasteiger partial charge in [0.15, 0.2) is 0 Å². The van der Waals surface area contributed by atoms with Crippen LogP contribution in [0.25, 0.3) is 0 Å². The molecule has 3 aromatic rings. The van der Waals surface area contributed by atoms with Gasteiger partial charge in [0.05, 0.1) is 29.8 Å². The number of ether oxygens (including phenoxy) is 3. The van der Waals surface area contributed by atoms with Gasteiger partial charge in [0.2, 0.25) is 0 Å². The van der Waals surface area contributed by atoms with Crippen LogP contribution >= 0.6 is 23.2 Å². The van der Waals surface area contributed by atoms with E-state index in [0.717, 1.165) is 11.1 Å². The van der Waals surface area contributed by atoms with Crippen LogP contribution in [0.15, 0.2) is 66.7 Å². The molecule has 1 fully saturated rings. The highest BCUT2D eigenvalue weighted by Crippen LogP contribution is 2.25. The predicted molar refractivity (Wildman–Crippen MR) is 156 cm³/mol. The van der Waals surface area contributed by atoms with Gasteiger partial charge in [0, 0.05) is 23.6 Å². The number of methoxy groups -OCH3 is 1. The summed E-state index contributed by atoms with van der Waals surface area (Å²) in [4.78, 5) is 40.3. The Labute approximate surface area is 249 Å². The summed E-state index contributed by atoms with van der Waals surface area (Å²) in [6, 6.07) is 19.3. The fourth-order valence-electron chi connectivity index (χ4n) is 4.70. The minimum atomic E-state index is -0.928. The molecule has 0 radical (unpaired) electrons. The number of hydrogen-bond donors (Lipinski definition) is 1. The molecule has 1 heterocycles. The van der Waals surface area contributed by atoms with Crippen molar-refractivity contribution in [1.29, 1.82) is 0 Å². The first-order valence-corrected chi connectivity index (χ1v) is 14.0. The summed E-state index contributed by atoms with van der Waals surface area (Å²) in [7, 11) is 1.54. The van der Waals surface area contributed by atoms with E-state index in [1.54, 1.807) is 18.2 Å². The van der Waals surface area contributed by atoms with Crippen molar-refractivity contribution < 1.29 is 28.6 Å². The second kappa shape index (κ2) is 13.9. The van der Waals surface area contributed by atoms with Gasteiger partial charge < -0.3 is 19.5 Å². The van der Waals surface area contributed by atoms with Crippen molar-refractivity contribution in [3.63, 3.8) is 0 Å². The number of imide groups is 1. The molecule has 0 saturated carbocycles. The van der Waals surface area contributed by atoms with Gasteiger partial charge in [-0.3, -0.25) is 9.59 Å². The maximum absolute atomic E-state index is 13.7. The smallest absolute Gasteiger partial charge is 0.417 e. The SMILES string of the molecule is COc1ccc(CC(OC(C)C)C(=O)N2C(=O)OC[C@@H]2Cc2ccccc2)cc1CNC(=O)c1ccc(Cl)cc1Cl. The number of carbonyl (C=O) groups excluding carboxylic acids is 3. The summed E-state index contributed by atoms with van der Waals surface area (Å²) in [5.41, 5.74) is 2.76. The van der Waals surface area contributed by atoms with Gasteiger partial charge in [0.25, 0.3) is 11.8 Å². The fourth-order valence-corrected chi connectivity index (χ4v) is 5.19. The van der Waals surface area contributed by atoms with Crippen LogP contribution in [0.2, 0.25) is 10.0 Å². The molecule has 0 aliphatic carbocycles. The highest BCUT2D eigenvalue weighted by atomic mass is 35.5. The van der Waals surface area contributed by atoms with Gasteiger partial charge >= 0.3 is 6.09 Å². The number of benzene rings is 3. The zero-order valence-electron chi connectivity index (χ0n) is 23.1. The van der Waals surface area contributed by atoms with Crippen LogP contribution in [0.1, 0.15) is 40.9 Å². The van der Waals surface area contributed by atoms with Crippen LogP contribution in [0.3, 0.4) is 0 Å². The molecule has 216 valence electrons. The van der Waals surface area contributed by atoms with E-state index in [2.05, 4.69) is 5.32 Å². The van der Waals surface area contributed by atoms with Gasteiger partial charge in [-0.05, 0) is 55.7 Å². The number of carbonyl (C=O) groups is 3. The van der Waals surface area contributed by atoms with Gasteiger partial charge in [-0.25, -0.2) is 9.69 Å². The van der Waals surface area contributed by atoms with E-state index >= 15 is 0 Å². The van der Waals surface area contributed by atoms with E-state index in [9.17, 15) is 14.4 Å². The number of nitrogens with one attached hydrogen (secondary N) is 1. The Morgan fingerprint density at radius 3 is 2.49 bits per heavy atom. The Morgan fingerprint density at radius 2 is 1.80 bits per heavy atom. The Morgan fingerprint density at radius 1 is 1.05 bits per heavy atom. The summed E-state index contributed by atoms with van der Waals surface area (Å²) < 4.78 is 16.8. The molecule has 1 saturated heterocycles. The summed E-state index contributed by atoms with van der Waals surface area (Å²) in [6.07, 6.45) is -1.19. The molecular weight excluding hydrogens is 567 g/mol. The molecule has 41 heavy (non-hydrogen) atoms. The third-order valence-corrected chi connectivity index (χ3v) is 7.15. The van der Waals surface area contributed by atoms with Crippen molar-refractivity contribution in [2.75, 3.05) is 13.7 Å². The van der Waals surface area contributed by atoms with Crippen molar-refractivity contribution in [3.05, 3.63) is 99.0 Å². The van der Waals surface area contributed by atoms with E-state index in [4.69, 9.17) is 37.4 Å². The fraction of sp³-hybridized carbons (Fsp3) is 0.323. The van der Waals surface area contributed by atoms with Crippen molar-refractivity contribution in [1.82, 2.24) is 10.2 Å². The second-order valence-corrected chi connectivity index (χ2v) is 10.8. The van der Waals surface area contributed by atoms with Crippen LogP contribution < -0.4 is 10.1 Å². The van der Waals surface area contributed by atoms with Crippen molar-refractivity contribution >= 4 is 41.1 Å². The van der Waals surface area contributed by atoms with E-state index in [-0.39, 0.29) is 36.6 Å². The molecule has 3 aromatic carbocycles. The van der Waals surface area contributed by atoms with E-state index < -0.39 is 24.1 Å². The van der Waals surface area contributed by atoms with E-state index in [1.165, 1.54) is 18.1 Å². The first-order chi connectivity index (χ1) is 19.7. The molecule has 1 N–H and O–H groups in total. The average Bonchev–Trinajstić information content (AvgIpc) is 3.30. The second-order valence-electron chi connectivity index (χ2n) is 9.96.